The Morgan fingerprint density at radius 3 is 2.34 bits per heavy atom. The van der Waals surface area contributed by atoms with Crippen LogP contribution < -0.4 is 0 Å². The summed E-state index contributed by atoms with van der Waals surface area (Å²) in [5.41, 5.74) is 1.85. The van der Waals surface area contributed by atoms with Crippen LogP contribution in [0.25, 0.3) is 0 Å². The van der Waals surface area contributed by atoms with E-state index < -0.39 is 11.7 Å². The Balaban J connectivity index is 1.25. The molecule has 0 N–H and O–H groups in total. The van der Waals surface area contributed by atoms with E-state index in [1.54, 1.807) is 29.6 Å². The summed E-state index contributed by atoms with van der Waals surface area (Å²) in [4.78, 5) is 21.5. The molecule has 0 radical (unpaired) electrons. The molecule has 1 aliphatic rings. The second-order valence-corrected chi connectivity index (χ2v) is 11.4. The number of halogens is 4. The van der Waals surface area contributed by atoms with Crippen LogP contribution in [0, 0.1) is 11.7 Å². The molecule has 1 aliphatic heterocycles. The Labute approximate surface area is 241 Å². The zero-order valence-corrected chi connectivity index (χ0v) is 23.3. The number of carbonyl (C=O) groups excluding carboxylic acids is 1. The van der Waals surface area contributed by atoms with Crippen molar-refractivity contribution in [2.24, 2.45) is 5.92 Å². The van der Waals surface area contributed by atoms with E-state index in [-0.39, 0.29) is 31.4 Å². The maximum atomic E-state index is 14.5. The molecule has 4 aromatic rings. The number of rotatable bonds is 9. The highest BCUT2D eigenvalue weighted by Crippen LogP contribution is 2.30. The van der Waals surface area contributed by atoms with Gasteiger partial charge in [0.1, 0.15) is 16.5 Å². The van der Waals surface area contributed by atoms with Gasteiger partial charge in [0, 0.05) is 37.1 Å². The predicted molar refractivity (Wildman–Crippen MR) is 152 cm³/mol. The molecule has 214 valence electrons. The lowest BCUT2D eigenvalue weighted by Crippen LogP contribution is -2.39. The topological polar surface area (TPSA) is 36.4 Å². The highest BCUT2D eigenvalue weighted by Gasteiger charge is 2.30. The van der Waals surface area contributed by atoms with Gasteiger partial charge in [0.2, 0.25) is 0 Å². The molecule has 2 heterocycles. The van der Waals surface area contributed by atoms with Gasteiger partial charge in [-0.2, -0.15) is 13.2 Å². The second-order valence-electron chi connectivity index (χ2n) is 10.5. The van der Waals surface area contributed by atoms with Gasteiger partial charge >= 0.3 is 6.18 Å². The maximum Gasteiger partial charge on any atom is 0.416 e. The molecule has 0 unspecified atom stereocenters. The van der Waals surface area contributed by atoms with Gasteiger partial charge in [-0.1, -0.05) is 66.7 Å². The van der Waals surface area contributed by atoms with Crippen LogP contribution >= 0.6 is 11.3 Å². The number of benzene rings is 3. The van der Waals surface area contributed by atoms with E-state index in [2.05, 4.69) is 17.1 Å². The van der Waals surface area contributed by atoms with Crippen LogP contribution in [0.15, 0.2) is 84.2 Å². The van der Waals surface area contributed by atoms with Gasteiger partial charge in [0.15, 0.2) is 0 Å². The number of aromatic nitrogens is 1. The smallest absolute Gasteiger partial charge is 0.337 e. The normalized spacial score (nSPS) is 14.5. The SMILES string of the molecule is O=C(c1csc(CN(Cc2cccc(C(F)(F)F)c2)Cc2ccccc2F)n1)N1CCC(Cc2ccccc2)CC1. The van der Waals surface area contributed by atoms with E-state index in [4.69, 9.17) is 0 Å². The summed E-state index contributed by atoms with van der Waals surface area (Å²) in [7, 11) is 0. The minimum Gasteiger partial charge on any atom is -0.337 e. The molecule has 1 amide bonds. The standard InChI is InChI=1S/C32H31F4N3OS/c33-28-12-5-4-10-26(28)20-38(19-25-9-6-11-27(18-25)32(34,35)36)21-30-37-29(22-41-30)31(40)39-15-13-24(14-16-39)17-23-7-2-1-3-8-23/h1-12,18,22,24H,13-17,19-21H2. The Morgan fingerprint density at radius 2 is 1.61 bits per heavy atom. The van der Waals surface area contributed by atoms with Gasteiger partial charge in [-0.05, 0) is 48.4 Å². The molecule has 1 saturated heterocycles. The van der Waals surface area contributed by atoms with Gasteiger partial charge < -0.3 is 4.90 Å². The Bertz CT molecular complexity index is 1450. The molecule has 0 atom stereocenters. The third-order valence-electron chi connectivity index (χ3n) is 7.41. The first kappa shape index (κ1) is 29.0. The van der Waals surface area contributed by atoms with Crippen molar-refractivity contribution in [3.05, 3.63) is 123 Å². The molecule has 9 heteroatoms. The number of amides is 1. The second kappa shape index (κ2) is 13.0. The first-order chi connectivity index (χ1) is 19.7. The highest BCUT2D eigenvalue weighted by molar-refractivity contribution is 7.09. The molecule has 1 aromatic heterocycles. The van der Waals surface area contributed by atoms with Crippen molar-refractivity contribution < 1.29 is 22.4 Å². The van der Waals surface area contributed by atoms with Crippen LogP contribution in [-0.4, -0.2) is 33.8 Å². The number of piperidine rings is 1. The molecule has 4 nitrogen and oxygen atoms in total. The maximum absolute atomic E-state index is 14.5. The molecular formula is C32H31F4N3OS. The summed E-state index contributed by atoms with van der Waals surface area (Å²) in [6, 6.07) is 21.9. The van der Waals surface area contributed by atoms with E-state index in [0.717, 1.165) is 31.4 Å². The molecule has 0 aliphatic carbocycles. The van der Waals surface area contributed by atoms with Crippen LogP contribution in [0.3, 0.4) is 0 Å². The molecular weight excluding hydrogens is 550 g/mol. The van der Waals surface area contributed by atoms with Gasteiger partial charge in [-0.25, -0.2) is 9.37 Å². The van der Waals surface area contributed by atoms with Crippen molar-refractivity contribution in [1.29, 1.82) is 0 Å². The number of hydrogen-bond acceptors (Lipinski definition) is 4. The third-order valence-corrected chi connectivity index (χ3v) is 8.24. The lowest BCUT2D eigenvalue weighted by Gasteiger charge is -2.31. The van der Waals surface area contributed by atoms with E-state index in [1.807, 2.05) is 28.0 Å². The van der Waals surface area contributed by atoms with Crippen LogP contribution in [-0.2, 0) is 32.2 Å². The van der Waals surface area contributed by atoms with Crippen LogP contribution in [0.4, 0.5) is 17.6 Å². The number of alkyl halides is 3. The van der Waals surface area contributed by atoms with Crippen molar-refractivity contribution in [3.63, 3.8) is 0 Å². The summed E-state index contributed by atoms with van der Waals surface area (Å²) in [6.45, 7) is 1.97. The Hall–Kier alpha value is -3.56. The Kier molecular flexibility index (Phi) is 9.15. The van der Waals surface area contributed by atoms with Crippen LogP contribution in [0.1, 0.15) is 50.6 Å². The number of hydrogen-bond donors (Lipinski definition) is 0. The Morgan fingerprint density at radius 1 is 0.902 bits per heavy atom. The molecule has 1 fully saturated rings. The largest absolute Gasteiger partial charge is 0.416 e. The van der Waals surface area contributed by atoms with E-state index in [0.29, 0.717) is 40.8 Å². The zero-order valence-electron chi connectivity index (χ0n) is 22.5. The van der Waals surface area contributed by atoms with Crippen LogP contribution in [0.2, 0.25) is 0 Å². The summed E-state index contributed by atoms with van der Waals surface area (Å²) in [6.07, 6.45) is -1.57. The van der Waals surface area contributed by atoms with Crippen molar-refractivity contribution in [3.8, 4) is 0 Å². The summed E-state index contributed by atoms with van der Waals surface area (Å²) < 4.78 is 54.4. The molecule has 3 aromatic carbocycles. The minimum atomic E-state index is -4.45. The highest BCUT2D eigenvalue weighted by atomic mass is 32.1. The summed E-state index contributed by atoms with van der Waals surface area (Å²) in [5.74, 6) is 0.0478. The van der Waals surface area contributed by atoms with Gasteiger partial charge in [0.05, 0.1) is 12.1 Å². The van der Waals surface area contributed by atoms with Gasteiger partial charge in [0.25, 0.3) is 5.91 Å². The van der Waals surface area contributed by atoms with Crippen molar-refractivity contribution in [2.75, 3.05) is 13.1 Å². The number of carbonyl (C=O) groups is 1. The lowest BCUT2D eigenvalue weighted by atomic mass is 9.90. The third kappa shape index (κ3) is 7.80. The number of nitrogens with zero attached hydrogens (tertiary/aromatic N) is 3. The summed E-state index contributed by atoms with van der Waals surface area (Å²) >= 11 is 1.33. The molecule has 0 bridgehead atoms. The van der Waals surface area contributed by atoms with E-state index >= 15 is 0 Å². The number of likely N-dealkylation sites (tertiary alicyclic amines) is 1. The first-order valence-electron chi connectivity index (χ1n) is 13.6. The van der Waals surface area contributed by atoms with E-state index in [9.17, 15) is 22.4 Å². The number of thiazole rings is 1. The monoisotopic (exact) mass is 581 g/mol. The fourth-order valence-corrected chi connectivity index (χ4v) is 6.07. The van der Waals surface area contributed by atoms with Gasteiger partial charge in [-0.15, -0.1) is 11.3 Å². The minimum absolute atomic E-state index is 0.107. The average Bonchev–Trinajstić information content (AvgIpc) is 3.43. The lowest BCUT2D eigenvalue weighted by molar-refractivity contribution is -0.137. The van der Waals surface area contributed by atoms with Gasteiger partial charge in [-0.3, -0.25) is 9.69 Å². The van der Waals surface area contributed by atoms with Crippen molar-refractivity contribution in [1.82, 2.24) is 14.8 Å². The molecule has 41 heavy (non-hydrogen) atoms. The van der Waals surface area contributed by atoms with Crippen molar-refractivity contribution in [2.45, 2.75) is 45.1 Å². The molecule has 0 spiro atoms. The molecule has 5 rings (SSSR count). The van der Waals surface area contributed by atoms with Crippen molar-refractivity contribution >= 4 is 17.2 Å². The quantitative estimate of drug-likeness (QED) is 0.191. The summed E-state index contributed by atoms with van der Waals surface area (Å²) in [5, 5.41) is 2.38. The average molecular weight is 582 g/mol. The van der Waals surface area contributed by atoms with E-state index in [1.165, 1.54) is 29.0 Å². The zero-order chi connectivity index (χ0) is 28.8. The molecule has 0 saturated carbocycles. The predicted octanol–water partition coefficient (Wildman–Crippen LogP) is 7.60. The fourth-order valence-electron chi connectivity index (χ4n) is 5.26. The van der Waals surface area contributed by atoms with Crippen LogP contribution in [0.5, 0.6) is 0 Å². The first-order valence-corrected chi connectivity index (χ1v) is 14.5. The fraction of sp³-hybridized carbons (Fsp3) is 0.312.